The van der Waals surface area contributed by atoms with Gasteiger partial charge in [-0.2, -0.15) is 0 Å². The molecule has 0 spiro atoms. The van der Waals surface area contributed by atoms with E-state index in [2.05, 4.69) is 10.3 Å². The second-order valence-corrected chi connectivity index (χ2v) is 6.63. The highest BCUT2D eigenvalue weighted by Crippen LogP contribution is 2.29. The lowest BCUT2D eigenvalue weighted by molar-refractivity contribution is -0.384. The Hall–Kier alpha value is -2.93. The van der Waals surface area contributed by atoms with Crippen molar-refractivity contribution < 1.29 is 9.72 Å². The van der Waals surface area contributed by atoms with E-state index in [-0.39, 0.29) is 11.6 Å². The van der Waals surface area contributed by atoms with Crippen LogP contribution in [0.2, 0.25) is 0 Å². The molecule has 0 saturated carbocycles. The molecule has 0 bridgehead atoms. The average Bonchev–Trinajstić information content (AvgIpc) is 2.90. The number of nitrogens with zero attached hydrogens (tertiary/aromatic N) is 2. The number of non-ortho nitro benzene ring substituents is 1. The maximum atomic E-state index is 12.1. The highest BCUT2D eigenvalue weighted by atomic mass is 32.2. The standard InChI is InChI=1S/C18H15N3O3S/c1-11-6-7-14(8-12(11)2)19-18-20-17(22)16(25-18)10-13-4-3-5-15(9-13)21(23)24/h3-10H,1-2H3,(H,19,20,22). The van der Waals surface area contributed by atoms with Gasteiger partial charge in [0, 0.05) is 12.1 Å². The number of amides is 1. The number of nitro groups is 1. The van der Waals surface area contributed by atoms with Crippen molar-refractivity contribution in [3.05, 3.63) is 74.2 Å². The first kappa shape index (κ1) is 16.9. The zero-order valence-electron chi connectivity index (χ0n) is 13.6. The van der Waals surface area contributed by atoms with E-state index >= 15 is 0 Å². The molecule has 25 heavy (non-hydrogen) atoms. The van der Waals surface area contributed by atoms with Gasteiger partial charge in [0.15, 0.2) is 5.17 Å². The number of carbonyl (C=O) groups is 1. The molecule has 1 fully saturated rings. The number of amidine groups is 1. The molecule has 6 nitrogen and oxygen atoms in total. The first-order valence-corrected chi connectivity index (χ1v) is 8.35. The van der Waals surface area contributed by atoms with Crippen LogP contribution in [0.3, 0.4) is 0 Å². The van der Waals surface area contributed by atoms with Gasteiger partial charge in [-0.3, -0.25) is 14.9 Å². The second-order valence-electron chi connectivity index (χ2n) is 5.60. The van der Waals surface area contributed by atoms with Gasteiger partial charge < -0.3 is 5.32 Å². The minimum absolute atomic E-state index is 0.0122. The summed E-state index contributed by atoms with van der Waals surface area (Å²) in [6, 6.07) is 12.0. The Bertz CT molecular complexity index is 935. The van der Waals surface area contributed by atoms with E-state index in [0.717, 1.165) is 11.3 Å². The number of carbonyl (C=O) groups excluding carboxylic acids is 1. The van der Waals surface area contributed by atoms with Crippen LogP contribution in [0.5, 0.6) is 0 Å². The number of aliphatic imine (C=N–C) groups is 1. The van der Waals surface area contributed by atoms with E-state index in [4.69, 9.17) is 0 Å². The molecule has 1 amide bonds. The van der Waals surface area contributed by atoms with Gasteiger partial charge in [-0.25, -0.2) is 4.99 Å². The molecule has 0 unspecified atom stereocenters. The minimum atomic E-state index is -0.462. The third kappa shape index (κ3) is 3.95. The summed E-state index contributed by atoms with van der Waals surface area (Å²) >= 11 is 1.21. The van der Waals surface area contributed by atoms with Crippen LogP contribution >= 0.6 is 11.8 Å². The number of thioether (sulfide) groups is 1. The predicted octanol–water partition coefficient (Wildman–Crippen LogP) is 4.10. The molecular weight excluding hydrogens is 338 g/mol. The van der Waals surface area contributed by atoms with Gasteiger partial charge in [0.05, 0.1) is 15.5 Å². The van der Waals surface area contributed by atoms with Crippen molar-refractivity contribution in [1.82, 2.24) is 5.32 Å². The predicted molar refractivity (Wildman–Crippen MR) is 99.8 cm³/mol. The molecule has 1 aliphatic heterocycles. The molecule has 7 heteroatoms. The summed E-state index contributed by atoms with van der Waals surface area (Å²) in [6.07, 6.45) is 1.62. The number of benzene rings is 2. The first-order chi connectivity index (χ1) is 11.9. The van der Waals surface area contributed by atoms with Crippen molar-refractivity contribution in [2.45, 2.75) is 13.8 Å². The Kier molecular flexibility index (Phi) is 4.67. The molecule has 126 valence electrons. The fraction of sp³-hybridized carbons (Fsp3) is 0.111. The van der Waals surface area contributed by atoms with Crippen molar-refractivity contribution in [3.8, 4) is 0 Å². The van der Waals surface area contributed by atoms with Crippen LogP contribution in [0.4, 0.5) is 11.4 Å². The maximum absolute atomic E-state index is 12.1. The van der Waals surface area contributed by atoms with Crippen LogP contribution < -0.4 is 5.32 Å². The molecule has 2 aromatic rings. The van der Waals surface area contributed by atoms with Crippen molar-refractivity contribution in [1.29, 1.82) is 0 Å². The van der Waals surface area contributed by atoms with E-state index in [1.54, 1.807) is 18.2 Å². The summed E-state index contributed by atoms with van der Waals surface area (Å²) < 4.78 is 0. The third-order valence-corrected chi connectivity index (χ3v) is 4.66. The Balaban J connectivity index is 1.84. The number of hydrogen-bond donors (Lipinski definition) is 1. The molecule has 0 radical (unpaired) electrons. The molecule has 1 aliphatic rings. The van der Waals surface area contributed by atoms with Crippen LogP contribution in [0.25, 0.3) is 6.08 Å². The fourth-order valence-corrected chi connectivity index (χ4v) is 3.11. The average molecular weight is 353 g/mol. The van der Waals surface area contributed by atoms with Crippen LogP contribution in [0, 0.1) is 24.0 Å². The highest BCUT2D eigenvalue weighted by Gasteiger charge is 2.24. The van der Waals surface area contributed by atoms with Gasteiger partial charge >= 0.3 is 0 Å². The van der Waals surface area contributed by atoms with Crippen LogP contribution in [-0.4, -0.2) is 16.0 Å². The van der Waals surface area contributed by atoms with E-state index in [0.29, 0.717) is 15.6 Å². The molecule has 0 atom stereocenters. The molecule has 0 aromatic heterocycles. The molecule has 1 N–H and O–H groups in total. The van der Waals surface area contributed by atoms with Gasteiger partial charge in [0.25, 0.3) is 11.6 Å². The Morgan fingerprint density at radius 2 is 1.96 bits per heavy atom. The normalized spacial score (nSPS) is 17.1. The first-order valence-electron chi connectivity index (χ1n) is 7.54. The van der Waals surface area contributed by atoms with E-state index in [1.165, 1.54) is 29.5 Å². The van der Waals surface area contributed by atoms with Crippen molar-refractivity contribution in [3.63, 3.8) is 0 Å². The van der Waals surface area contributed by atoms with Crippen molar-refractivity contribution in [2.24, 2.45) is 4.99 Å². The van der Waals surface area contributed by atoms with Crippen LogP contribution in [-0.2, 0) is 4.79 Å². The van der Waals surface area contributed by atoms with Gasteiger partial charge in [-0.15, -0.1) is 0 Å². The molecule has 1 heterocycles. The van der Waals surface area contributed by atoms with E-state index in [9.17, 15) is 14.9 Å². The summed E-state index contributed by atoms with van der Waals surface area (Å²) in [4.78, 5) is 27.4. The summed E-state index contributed by atoms with van der Waals surface area (Å²) in [7, 11) is 0. The summed E-state index contributed by atoms with van der Waals surface area (Å²) in [5.41, 5.74) is 3.66. The quantitative estimate of drug-likeness (QED) is 0.511. The number of nitro benzene ring substituents is 1. The van der Waals surface area contributed by atoms with Crippen LogP contribution in [0.1, 0.15) is 16.7 Å². The van der Waals surface area contributed by atoms with Gasteiger partial charge in [-0.1, -0.05) is 18.2 Å². The summed E-state index contributed by atoms with van der Waals surface area (Å²) in [6.45, 7) is 4.03. The lowest BCUT2D eigenvalue weighted by Gasteiger charge is -2.01. The Morgan fingerprint density at radius 3 is 2.68 bits per heavy atom. The second kappa shape index (κ2) is 6.90. The molecular formula is C18H15N3O3S. The Morgan fingerprint density at radius 1 is 1.16 bits per heavy atom. The minimum Gasteiger partial charge on any atom is -0.300 e. The number of aryl methyl sites for hydroxylation is 2. The number of nitrogens with one attached hydrogen (secondary N) is 1. The van der Waals surface area contributed by atoms with Crippen molar-refractivity contribution >= 4 is 40.3 Å². The topological polar surface area (TPSA) is 84.6 Å². The van der Waals surface area contributed by atoms with Gasteiger partial charge in [-0.05, 0) is 60.5 Å². The van der Waals surface area contributed by atoms with Crippen molar-refractivity contribution in [2.75, 3.05) is 0 Å². The third-order valence-electron chi connectivity index (χ3n) is 3.75. The highest BCUT2D eigenvalue weighted by molar-refractivity contribution is 8.18. The fourth-order valence-electron chi connectivity index (χ4n) is 2.27. The molecule has 3 rings (SSSR count). The van der Waals surface area contributed by atoms with Crippen LogP contribution in [0.15, 0.2) is 52.4 Å². The monoisotopic (exact) mass is 353 g/mol. The maximum Gasteiger partial charge on any atom is 0.270 e. The smallest absolute Gasteiger partial charge is 0.270 e. The zero-order valence-corrected chi connectivity index (χ0v) is 14.5. The number of rotatable bonds is 3. The van der Waals surface area contributed by atoms with Gasteiger partial charge in [0.1, 0.15) is 0 Å². The molecule has 1 saturated heterocycles. The van der Waals surface area contributed by atoms with E-state index in [1.807, 2.05) is 32.0 Å². The SMILES string of the molecule is Cc1ccc(N=C2NC(=O)C(=Cc3cccc([N+](=O)[O-])c3)S2)cc1C. The summed E-state index contributed by atoms with van der Waals surface area (Å²) in [5, 5.41) is 14.0. The lowest BCUT2D eigenvalue weighted by atomic mass is 10.1. The molecule has 0 aliphatic carbocycles. The zero-order chi connectivity index (χ0) is 18.0. The largest absolute Gasteiger partial charge is 0.300 e. The number of hydrogen-bond acceptors (Lipinski definition) is 5. The van der Waals surface area contributed by atoms with Gasteiger partial charge in [0.2, 0.25) is 0 Å². The molecule has 2 aromatic carbocycles. The van der Waals surface area contributed by atoms with E-state index < -0.39 is 4.92 Å². The Labute approximate surface area is 148 Å². The summed E-state index contributed by atoms with van der Waals surface area (Å²) in [5.74, 6) is -0.265. The lowest BCUT2D eigenvalue weighted by Crippen LogP contribution is -2.19.